The van der Waals surface area contributed by atoms with Crippen molar-refractivity contribution in [3.63, 3.8) is 0 Å². The number of aryl methyl sites for hydroxylation is 2. The van der Waals surface area contributed by atoms with Gasteiger partial charge in [-0.3, -0.25) is 9.48 Å². The van der Waals surface area contributed by atoms with Crippen molar-refractivity contribution >= 4 is 17.2 Å². The zero-order valence-electron chi connectivity index (χ0n) is 13.8. The number of piperidine rings is 1. The van der Waals surface area contributed by atoms with E-state index in [2.05, 4.69) is 23.0 Å². The molecule has 1 saturated heterocycles. The topological polar surface area (TPSA) is 38.1 Å². The highest BCUT2D eigenvalue weighted by Gasteiger charge is 2.27. The number of nitrogens with zero attached hydrogens (tertiary/aromatic N) is 3. The van der Waals surface area contributed by atoms with Crippen molar-refractivity contribution in [3.05, 3.63) is 40.3 Å². The van der Waals surface area contributed by atoms with Crippen LogP contribution in [0.5, 0.6) is 0 Å². The molecule has 0 aromatic carbocycles. The molecule has 0 radical (unpaired) electrons. The summed E-state index contributed by atoms with van der Waals surface area (Å²) < 4.78 is 1.96. The summed E-state index contributed by atoms with van der Waals surface area (Å²) in [4.78, 5) is 16.3. The molecule has 1 fully saturated rings. The second kappa shape index (κ2) is 7.77. The Balaban J connectivity index is 1.65. The quantitative estimate of drug-likeness (QED) is 0.803. The first-order valence-corrected chi connectivity index (χ1v) is 9.51. The first-order valence-electron chi connectivity index (χ1n) is 8.63. The molecule has 4 nitrogen and oxygen atoms in total. The Bertz CT molecular complexity index is 620. The molecule has 3 heterocycles. The second-order valence-corrected chi connectivity index (χ2v) is 7.25. The third-order valence-corrected chi connectivity index (χ3v) is 5.53. The van der Waals surface area contributed by atoms with Crippen LogP contribution in [0.25, 0.3) is 0 Å². The average Bonchev–Trinajstić information content (AvgIpc) is 3.25. The van der Waals surface area contributed by atoms with Crippen molar-refractivity contribution in [3.8, 4) is 0 Å². The van der Waals surface area contributed by atoms with Crippen LogP contribution in [0.2, 0.25) is 0 Å². The minimum absolute atomic E-state index is 0.216. The summed E-state index contributed by atoms with van der Waals surface area (Å²) in [5.41, 5.74) is 0.879. The summed E-state index contributed by atoms with van der Waals surface area (Å²) >= 11 is 1.72. The smallest absolute Gasteiger partial charge is 0.254 e. The first kappa shape index (κ1) is 16.2. The van der Waals surface area contributed by atoms with Crippen molar-refractivity contribution in [2.24, 2.45) is 0 Å². The normalized spacial score (nSPS) is 18.3. The maximum absolute atomic E-state index is 12.9. The highest BCUT2D eigenvalue weighted by molar-refractivity contribution is 7.10. The van der Waals surface area contributed by atoms with Crippen molar-refractivity contribution in [2.45, 2.75) is 58.0 Å². The Morgan fingerprint density at radius 1 is 1.43 bits per heavy atom. The maximum Gasteiger partial charge on any atom is 0.254 e. The van der Waals surface area contributed by atoms with Crippen LogP contribution in [0.1, 0.15) is 54.3 Å². The highest BCUT2D eigenvalue weighted by atomic mass is 32.1. The van der Waals surface area contributed by atoms with Gasteiger partial charge < -0.3 is 4.90 Å². The van der Waals surface area contributed by atoms with E-state index in [4.69, 9.17) is 0 Å². The van der Waals surface area contributed by atoms with E-state index in [9.17, 15) is 4.79 Å². The van der Waals surface area contributed by atoms with Gasteiger partial charge in [0.25, 0.3) is 5.91 Å². The van der Waals surface area contributed by atoms with Crippen LogP contribution in [0.15, 0.2) is 29.9 Å². The van der Waals surface area contributed by atoms with E-state index >= 15 is 0 Å². The molecule has 0 spiro atoms. The van der Waals surface area contributed by atoms with Crippen molar-refractivity contribution in [1.82, 2.24) is 14.7 Å². The number of carbonyl (C=O) groups is 1. The minimum Gasteiger partial charge on any atom is -0.336 e. The zero-order chi connectivity index (χ0) is 16.1. The molecule has 5 heteroatoms. The lowest BCUT2D eigenvalue weighted by Crippen LogP contribution is -2.44. The van der Waals surface area contributed by atoms with Gasteiger partial charge in [-0.15, -0.1) is 11.3 Å². The Kier molecular flexibility index (Phi) is 5.49. The summed E-state index contributed by atoms with van der Waals surface area (Å²) in [5, 5.41) is 6.30. The third kappa shape index (κ3) is 4.02. The van der Waals surface area contributed by atoms with E-state index in [1.165, 1.54) is 11.3 Å². The number of likely N-dealkylation sites (tertiary alicyclic amines) is 1. The number of hydrogen-bond acceptors (Lipinski definition) is 3. The largest absolute Gasteiger partial charge is 0.336 e. The molecule has 23 heavy (non-hydrogen) atoms. The van der Waals surface area contributed by atoms with Gasteiger partial charge in [0.15, 0.2) is 0 Å². The average molecular weight is 331 g/mol. The van der Waals surface area contributed by atoms with E-state index in [-0.39, 0.29) is 5.91 Å². The third-order valence-electron chi connectivity index (χ3n) is 4.54. The molecule has 124 valence electrons. The van der Waals surface area contributed by atoms with Gasteiger partial charge in [-0.1, -0.05) is 13.3 Å². The van der Waals surface area contributed by atoms with Crippen LogP contribution in [0.4, 0.5) is 0 Å². The monoisotopic (exact) mass is 331 g/mol. The molecule has 1 atom stereocenters. The fourth-order valence-electron chi connectivity index (χ4n) is 3.32. The molecule has 1 aliphatic rings. The molecule has 1 aliphatic heterocycles. The van der Waals surface area contributed by atoms with Crippen LogP contribution in [0, 0.1) is 0 Å². The number of rotatable bonds is 6. The van der Waals surface area contributed by atoms with E-state index in [1.54, 1.807) is 11.3 Å². The molecular weight excluding hydrogens is 306 g/mol. The highest BCUT2D eigenvalue weighted by Crippen LogP contribution is 2.25. The predicted octanol–water partition coefficient (Wildman–Crippen LogP) is 3.98. The van der Waals surface area contributed by atoms with Gasteiger partial charge in [-0.2, -0.15) is 5.10 Å². The molecule has 0 N–H and O–H groups in total. The Morgan fingerprint density at radius 2 is 2.35 bits per heavy atom. The van der Waals surface area contributed by atoms with Gasteiger partial charge in [-0.25, -0.2) is 0 Å². The molecule has 3 rings (SSSR count). The lowest BCUT2D eigenvalue weighted by atomic mass is 9.98. The fourth-order valence-corrected chi connectivity index (χ4v) is 4.28. The second-order valence-electron chi connectivity index (χ2n) is 6.26. The molecule has 2 aromatic heterocycles. The van der Waals surface area contributed by atoms with Crippen LogP contribution in [-0.4, -0.2) is 33.2 Å². The summed E-state index contributed by atoms with van der Waals surface area (Å²) in [6.07, 6.45) is 10.4. The Morgan fingerprint density at radius 3 is 3.13 bits per heavy atom. The number of thiophene rings is 1. The standard InChI is InChI=1S/C18H25N3OS/c1-2-6-17-13-15(14-23-17)18(22)21-11-4-3-7-16(21)8-12-20-10-5-9-19-20/h5,9-10,13-14,16H,2-4,6-8,11-12H2,1H3. The predicted molar refractivity (Wildman–Crippen MR) is 93.8 cm³/mol. The lowest BCUT2D eigenvalue weighted by molar-refractivity contribution is 0.0594. The molecule has 1 unspecified atom stereocenters. The van der Waals surface area contributed by atoms with Gasteiger partial charge in [0, 0.05) is 41.8 Å². The summed E-state index contributed by atoms with van der Waals surface area (Å²) in [5.74, 6) is 0.216. The van der Waals surface area contributed by atoms with E-state index in [0.29, 0.717) is 6.04 Å². The molecular formula is C18H25N3OS. The fraction of sp³-hybridized carbons (Fsp3) is 0.556. The molecule has 1 amide bonds. The van der Waals surface area contributed by atoms with Gasteiger partial charge >= 0.3 is 0 Å². The van der Waals surface area contributed by atoms with Crippen molar-refractivity contribution in [2.75, 3.05) is 6.54 Å². The van der Waals surface area contributed by atoms with E-state index in [1.807, 2.05) is 28.5 Å². The molecule has 0 aliphatic carbocycles. The van der Waals surface area contributed by atoms with Crippen LogP contribution < -0.4 is 0 Å². The zero-order valence-corrected chi connectivity index (χ0v) is 14.6. The number of hydrogen-bond donors (Lipinski definition) is 0. The maximum atomic E-state index is 12.9. The molecule has 0 bridgehead atoms. The number of amides is 1. The van der Waals surface area contributed by atoms with Crippen LogP contribution in [0.3, 0.4) is 0 Å². The SMILES string of the molecule is CCCc1cc(C(=O)N2CCCCC2CCn2cccn2)cs1. The Hall–Kier alpha value is -1.62. The lowest BCUT2D eigenvalue weighted by Gasteiger charge is -2.35. The Labute approximate surface area is 142 Å². The van der Waals surface area contributed by atoms with Gasteiger partial charge in [0.05, 0.1) is 5.56 Å². The molecule has 0 saturated carbocycles. The van der Waals surface area contributed by atoms with Crippen molar-refractivity contribution < 1.29 is 4.79 Å². The van der Waals surface area contributed by atoms with E-state index in [0.717, 1.165) is 50.8 Å². The van der Waals surface area contributed by atoms with Gasteiger partial charge in [0.1, 0.15) is 0 Å². The van der Waals surface area contributed by atoms with Crippen LogP contribution in [-0.2, 0) is 13.0 Å². The van der Waals surface area contributed by atoms with Gasteiger partial charge in [-0.05, 0) is 44.2 Å². The van der Waals surface area contributed by atoms with E-state index < -0.39 is 0 Å². The van der Waals surface area contributed by atoms with Gasteiger partial charge in [0.2, 0.25) is 0 Å². The minimum atomic E-state index is 0.216. The summed E-state index contributed by atoms with van der Waals surface area (Å²) in [7, 11) is 0. The number of aromatic nitrogens is 2. The summed E-state index contributed by atoms with van der Waals surface area (Å²) in [6, 6.07) is 4.38. The van der Waals surface area contributed by atoms with Crippen LogP contribution >= 0.6 is 11.3 Å². The first-order chi connectivity index (χ1) is 11.3. The van der Waals surface area contributed by atoms with Crippen molar-refractivity contribution in [1.29, 1.82) is 0 Å². The summed E-state index contributed by atoms with van der Waals surface area (Å²) in [6.45, 7) is 3.95. The molecule has 2 aromatic rings. The number of carbonyl (C=O) groups excluding carboxylic acids is 1.